The molecule has 0 radical (unpaired) electrons. The zero-order valence-electron chi connectivity index (χ0n) is 15.0. The van der Waals surface area contributed by atoms with Gasteiger partial charge in [-0.3, -0.25) is 4.79 Å². The predicted octanol–water partition coefficient (Wildman–Crippen LogP) is 5.63. The van der Waals surface area contributed by atoms with E-state index in [4.69, 9.17) is 0 Å². The molecule has 0 bridgehead atoms. The third kappa shape index (κ3) is 2.15. The van der Waals surface area contributed by atoms with Crippen LogP contribution in [0.15, 0.2) is 34.9 Å². The lowest BCUT2D eigenvalue weighted by Gasteiger charge is -2.51. The summed E-state index contributed by atoms with van der Waals surface area (Å²) in [4.78, 5) is 12.7. The second kappa shape index (κ2) is 5.19. The first-order valence-corrected chi connectivity index (χ1v) is 9.56. The van der Waals surface area contributed by atoms with E-state index in [1.807, 2.05) is 0 Å². The van der Waals surface area contributed by atoms with Gasteiger partial charge in [-0.05, 0) is 73.3 Å². The Morgan fingerprint density at radius 2 is 1.96 bits per heavy atom. The summed E-state index contributed by atoms with van der Waals surface area (Å²) in [6.45, 7) is 11.2. The Morgan fingerprint density at radius 3 is 2.70 bits per heavy atom. The summed E-state index contributed by atoms with van der Waals surface area (Å²) < 4.78 is 0. The number of Topliss-reactive ketones (excluding diaryl/α,β-unsaturated/α-hetero) is 1. The number of ketones is 1. The Hall–Kier alpha value is -1.11. The molecule has 23 heavy (non-hydrogen) atoms. The molecule has 0 aromatic rings. The highest BCUT2D eigenvalue weighted by Crippen LogP contribution is 2.61. The summed E-state index contributed by atoms with van der Waals surface area (Å²) in [5, 5.41) is 0. The molecule has 0 heterocycles. The van der Waals surface area contributed by atoms with Gasteiger partial charge >= 0.3 is 0 Å². The van der Waals surface area contributed by atoms with Gasteiger partial charge in [0.1, 0.15) is 5.78 Å². The van der Waals surface area contributed by atoms with Crippen molar-refractivity contribution >= 4 is 5.78 Å². The van der Waals surface area contributed by atoms with Crippen LogP contribution in [0.3, 0.4) is 0 Å². The van der Waals surface area contributed by atoms with E-state index in [9.17, 15) is 4.79 Å². The molecule has 0 aromatic carbocycles. The van der Waals surface area contributed by atoms with Crippen LogP contribution >= 0.6 is 0 Å². The van der Waals surface area contributed by atoms with Crippen molar-refractivity contribution < 1.29 is 4.79 Å². The lowest BCUT2D eigenvalue weighted by molar-refractivity contribution is -0.129. The molecule has 0 aliphatic heterocycles. The molecule has 2 saturated carbocycles. The van der Waals surface area contributed by atoms with Crippen molar-refractivity contribution in [2.45, 2.75) is 65.7 Å². The molecule has 4 atom stereocenters. The molecule has 0 unspecified atom stereocenters. The van der Waals surface area contributed by atoms with Crippen LogP contribution in [0.4, 0.5) is 0 Å². The van der Waals surface area contributed by atoms with Gasteiger partial charge in [-0.2, -0.15) is 0 Å². The quantitative estimate of drug-likeness (QED) is 0.613. The number of carbonyl (C=O) groups is 1. The van der Waals surface area contributed by atoms with Crippen LogP contribution < -0.4 is 0 Å². The fourth-order valence-corrected chi connectivity index (χ4v) is 6.18. The van der Waals surface area contributed by atoms with Crippen molar-refractivity contribution in [2.75, 3.05) is 0 Å². The molecule has 2 fully saturated rings. The van der Waals surface area contributed by atoms with Gasteiger partial charge in [0.15, 0.2) is 0 Å². The van der Waals surface area contributed by atoms with Crippen molar-refractivity contribution in [1.82, 2.24) is 0 Å². The van der Waals surface area contributed by atoms with Crippen molar-refractivity contribution in [3.05, 3.63) is 34.9 Å². The number of fused-ring (bicyclic) bond motifs is 4. The Balaban J connectivity index is 1.85. The van der Waals surface area contributed by atoms with Gasteiger partial charge in [-0.1, -0.05) is 44.6 Å². The molecule has 1 heteroatoms. The molecule has 0 spiro atoms. The molecule has 124 valence electrons. The Labute approximate surface area is 140 Å². The van der Waals surface area contributed by atoms with E-state index in [0.717, 1.165) is 25.7 Å². The number of allylic oxidation sites excluding steroid dienone is 5. The average molecular weight is 310 g/mol. The van der Waals surface area contributed by atoms with Crippen LogP contribution in [0, 0.1) is 29.1 Å². The zero-order valence-corrected chi connectivity index (χ0v) is 15.0. The van der Waals surface area contributed by atoms with Crippen LogP contribution in [0.5, 0.6) is 0 Å². The number of carbonyl (C=O) groups excluding carboxylic acids is 1. The van der Waals surface area contributed by atoms with Gasteiger partial charge in [0.25, 0.3) is 0 Å². The summed E-state index contributed by atoms with van der Waals surface area (Å²) >= 11 is 0. The Kier molecular flexibility index (Phi) is 3.48. The third-order valence-electron chi connectivity index (χ3n) is 7.41. The smallest absolute Gasteiger partial charge is 0.139 e. The average Bonchev–Trinajstić information content (AvgIpc) is 2.81. The predicted molar refractivity (Wildman–Crippen MR) is 95.0 cm³/mol. The molecule has 4 rings (SSSR count). The molecule has 0 aromatic heterocycles. The van der Waals surface area contributed by atoms with Crippen LogP contribution in [0.25, 0.3) is 0 Å². The minimum Gasteiger partial charge on any atom is -0.299 e. The van der Waals surface area contributed by atoms with Crippen molar-refractivity contribution in [1.29, 1.82) is 0 Å². The third-order valence-corrected chi connectivity index (χ3v) is 7.41. The van der Waals surface area contributed by atoms with E-state index in [0.29, 0.717) is 29.5 Å². The minimum atomic E-state index is -0.0385. The van der Waals surface area contributed by atoms with E-state index >= 15 is 0 Å². The van der Waals surface area contributed by atoms with Crippen molar-refractivity contribution in [3.63, 3.8) is 0 Å². The van der Waals surface area contributed by atoms with Crippen molar-refractivity contribution in [3.8, 4) is 0 Å². The molecule has 4 aliphatic carbocycles. The zero-order chi connectivity index (χ0) is 16.4. The largest absolute Gasteiger partial charge is 0.299 e. The highest BCUT2D eigenvalue weighted by molar-refractivity contribution is 5.87. The topological polar surface area (TPSA) is 17.1 Å². The van der Waals surface area contributed by atoms with Crippen LogP contribution in [0.1, 0.15) is 65.7 Å². The Morgan fingerprint density at radius 1 is 1.17 bits per heavy atom. The highest BCUT2D eigenvalue weighted by atomic mass is 16.1. The summed E-state index contributed by atoms with van der Waals surface area (Å²) in [6, 6.07) is 0. The van der Waals surface area contributed by atoms with Crippen molar-refractivity contribution in [2.24, 2.45) is 29.1 Å². The lowest BCUT2D eigenvalue weighted by atomic mass is 9.52. The van der Waals surface area contributed by atoms with Crippen LogP contribution in [-0.4, -0.2) is 5.78 Å². The van der Waals surface area contributed by atoms with E-state index in [2.05, 4.69) is 33.4 Å². The molecular weight excluding hydrogens is 280 g/mol. The van der Waals surface area contributed by atoms with E-state index < -0.39 is 0 Å². The van der Waals surface area contributed by atoms with Gasteiger partial charge in [-0.15, -0.1) is 0 Å². The standard InChI is InChI=1S/C22H30O/c1-13(2)18-12-22(4)19(9-10-20(22)23)17-8-6-15-11-14(3)5-7-16(15)21(17)18/h11,13,17-19H,3,5-10,12H2,1-2,4H3/t17-,18+,19-,22-/m0/s1. The fraction of sp³-hybridized carbons (Fsp3) is 0.682. The number of hydrogen-bond donors (Lipinski definition) is 0. The minimum absolute atomic E-state index is 0.0385. The second-order valence-electron chi connectivity index (χ2n) is 8.95. The van der Waals surface area contributed by atoms with Crippen LogP contribution in [-0.2, 0) is 4.79 Å². The maximum Gasteiger partial charge on any atom is 0.139 e. The summed E-state index contributed by atoms with van der Waals surface area (Å²) in [5.41, 5.74) is 6.28. The first-order chi connectivity index (χ1) is 10.9. The summed E-state index contributed by atoms with van der Waals surface area (Å²) in [5.74, 6) is 3.07. The number of hydrogen-bond acceptors (Lipinski definition) is 1. The maximum atomic E-state index is 12.7. The lowest BCUT2D eigenvalue weighted by Crippen LogP contribution is -2.45. The monoisotopic (exact) mass is 310 g/mol. The molecular formula is C22H30O. The van der Waals surface area contributed by atoms with Gasteiger partial charge in [0.2, 0.25) is 0 Å². The molecule has 4 aliphatic rings. The van der Waals surface area contributed by atoms with E-state index in [1.54, 1.807) is 16.7 Å². The summed E-state index contributed by atoms with van der Waals surface area (Å²) in [7, 11) is 0. The van der Waals surface area contributed by atoms with Crippen LogP contribution in [0.2, 0.25) is 0 Å². The SMILES string of the molecule is C=C1C=C2CC[C@@H]3C(=C2CC1)[C@@H](C(C)C)C[C@]1(C)C(=O)CC[C@@H]31. The molecule has 0 saturated heterocycles. The highest BCUT2D eigenvalue weighted by Gasteiger charge is 2.56. The van der Waals surface area contributed by atoms with E-state index in [-0.39, 0.29) is 5.41 Å². The maximum absolute atomic E-state index is 12.7. The normalized spacial score (nSPS) is 40.0. The van der Waals surface area contributed by atoms with Gasteiger partial charge in [0, 0.05) is 11.8 Å². The molecule has 1 nitrogen and oxygen atoms in total. The number of rotatable bonds is 1. The summed E-state index contributed by atoms with van der Waals surface area (Å²) in [6.07, 6.45) is 10.2. The molecule has 0 amide bonds. The van der Waals surface area contributed by atoms with Gasteiger partial charge < -0.3 is 0 Å². The molecule has 0 N–H and O–H groups in total. The van der Waals surface area contributed by atoms with E-state index in [1.165, 1.54) is 24.8 Å². The Bertz CT molecular complexity index is 632. The first kappa shape index (κ1) is 15.4. The second-order valence-corrected chi connectivity index (χ2v) is 8.95. The van der Waals surface area contributed by atoms with Gasteiger partial charge in [0.05, 0.1) is 0 Å². The fourth-order valence-electron chi connectivity index (χ4n) is 6.18. The first-order valence-electron chi connectivity index (χ1n) is 9.56. The van der Waals surface area contributed by atoms with Gasteiger partial charge in [-0.25, -0.2) is 0 Å².